The summed E-state index contributed by atoms with van der Waals surface area (Å²) in [5.41, 5.74) is 0. The molecule has 1 unspecified atom stereocenters. The van der Waals surface area contributed by atoms with Gasteiger partial charge in [-0.1, -0.05) is 249 Å². The number of hydrogen-bond acceptors (Lipinski definition) is 6. The van der Waals surface area contributed by atoms with Crippen molar-refractivity contribution in [2.75, 3.05) is 13.2 Å². The van der Waals surface area contributed by atoms with E-state index >= 15 is 0 Å². The average Bonchev–Trinajstić information content (AvgIpc) is 3.28. The first kappa shape index (κ1) is 60.4. The van der Waals surface area contributed by atoms with Crippen LogP contribution in [0.25, 0.3) is 0 Å². The topological polar surface area (TPSA) is 78.9 Å². The summed E-state index contributed by atoms with van der Waals surface area (Å²) in [6.45, 7) is 6.41. The summed E-state index contributed by atoms with van der Waals surface area (Å²) in [6, 6.07) is 0. The fraction of sp³-hybridized carbons (Fsp3) is 0.807. The fourth-order valence-electron chi connectivity index (χ4n) is 7.79. The van der Waals surface area contributed by atoms with E-state index in [-0.39, 0.29) is 31.1 Å². The van der Waals surface area contributed by atoms with Crippen molar-refractivity contribution in [3.05, 3.63) is 48.6 Å². The molecule has 0 N–H and O–H groups in total. The molecule has 0 aromatic rings. The lowest BCUT2D eigenvalue weighted by atomic mass is 10.0. The molecule has 0 heterocycles. The molecule has 0 rings (SSSR count). The third-order valence-electron chi connectivity index (χ3n) is 11.8. The van der Waals surface area contributed by atoms with Gasteiger partial charge < -0.3 is 14.2 Å². The van der Waals surface area contributed by atoms with Crippen LogP contribution < -0.4 is 0 Å². The van der Waals surface area contributed by atoms with Crippen LogP contribution in [0, 0.1) is 0 Å². The molecule has 0 aliphatic carbocycles. The molecule has 0 saturated heterocycles. The van der Waals surface area contributed by atoms with E-state index in [1.165, 1.54) is 148 Å². The van der Waals surface area contributed by atoms with Gasteiger partial charge in [-0.15, -0.1) is 0 Å². The number of rotatable bonds is 49. The number of esters is 3. The Labute approximate surface area is 390 Å². The molecule has 0 radical (unpaired) electrons. The van der Waals surface area contributed by atoms with E-state index in [9.17, 15) is 14.4 Å². The fourth-order valence-corrected chi connectivity index (χ4v) is 7.79. The molecular formula is C57H102O6. The largest absolute Gasteiger partial charge is 0.462 e. The van der Waals surface area contributed by atoms with Crippen LogP contribution in [0.15, 0.2) is 48.6 Å². The first-order valence-corrected chi connectivity index (χ1v) is 27.1. The molecule has 0 aliphatic heterocycles. The molecular weight excluding hydrogens is 781 g/mol. The van der Waals surface area contributed by atoms with Crippen molar-refractivity contribution < 1.29 is 28.6 Å². The Kier molecular flexibility index (Phi) is 49.8. The van der Waals surface area contributed by atoms with Gasteiger partial charge in [-0.2, -0.15) is 0 Å². The zero-order chi connectivity index (χ0) is 45.8. The standard InChI is InChI=1S/C57H102O6/c1-4-7-10-13-15-16-17-18-19-20-21-22-23-24-25-26-27-28-29-30-31-32-33-34-35-36-37-38-39-40-42-44-47-50-56(59)62-53-54(52-61-55(58)49-46-43-12-9-6-3)63-57(60)51-48-45-41-14-11-8-5-2/h7,10,15-16,18-19,21-22,54H,4-6,8-9,11-14,17,20,23-53H2,1-3H3/b10-7-,16-15-,19-18-,22-21-. The highest BCUT2D eigenvalue weighted by Crippen LogP contribution is 2.16. The van der Waals surface area contributed by atoms with Gasteiger partial charge in [0.2, 0.25) is 0 Å². The molecule has 6 heteroatoms. The lowest BCUT2D eigenvalue weighted by molar-refractivity contribution is -0.167. The van der Waals surface area contributed by atoms with Gasteiger partial charge in [0, 0.05) is 19.3 Å². The monoisotopic (exact) mass is 883 g/mol. The maximum atomic E-state index is 12.6. The van der Waals surface area contributed by atoms with Gasteiger partial charge in [-0.05, 0) is 57.8 Å². The van der Waals surface area contributed by atoms with E-state index in [1.807, 2.05) is 0 Å². The number of carbonyl (C=O) groups is 3. The highest BCUT2D eigenvalue weighted by Gasteiger charge is 2.19. The molecule has 0 saturated carbocycles. The lowest BCUT2D eigenvalue weighted by Gasteiger charge is -2.18. The van der Waals surface area contributed by atoms with Crippen molar-refractivity contribution >= 4 is 17.9 Å². The van der Waals surface area contributed by atoms with Crippen LogP contribution in [0.3, 0.4) is 0 Å². The summed E-state index contributed by atoms with van der Waals surface area (Å²) < 4.78 is 16.6. The number of ether oxygens (including phenoxy) is 3. The molecule has 0 bridgehead atoms. The maximum absolute atomic E-state index is 12.6. The number of allylic oxidation sites excluding steroid dienone is 8. The predicted octanol–water partition coefficient (Wildman–Crippen LogP) is 17.9. The Morgan fingerprint density at radius 3 is 0.968 bits per heavy atom. The smallest absolute Gasteiger partial charge is 0.306 e. The first-order valence-electron chi connectivity index (χ1n) is 27.1. The summed E-state index contributed by atoms with van der Waals surface area (Å²) in [5, 5.41) is 0. The molecule has 63 heavy (non-hydrogen) atoms. The Morgan fingerprint density at radius 1 is 0.333 bits per heavy atom. The van der Waals surface area contributed by atoms with Gasteiger partial charge in [0.25, 0.3) is 0 Å². The minimum absolute atomic E-state index is 0.0688. The van der Waals surface area contributed by atoms with Crippen LogP contribution in [0.4, 0.5) is 0 Å². The molecule has 0 aromatic heterocycles. The van der Waals surface area contributed by atoms with Gasteiger partial charge in [0.05, 0.1) is 0 Å². The Balaban J connectivity index is 3.77. The molecule has 1 atom stereocenters. The molecule has 0 spiro atoms. The number of carbonyl (C=O) groups excluding carboxylic acids is 3. The molecule has 6 nitrogen and oxygen atoms in total. The van der Waals surface area contributed by atoms with Crippen molar-refractivity contribution in [2.45, 2.75) is 284 Å². The summed E-state index contributed by atoms with van der Waals surface area (Å²) >= 11 is 0. The van der Waals surface area contributed by atoms with Gasteiger partial charge >= 0.3 is 17.9 Å². The second-order valence-corrected chi connectivity index (χ2v) is 18.1. The average molecular weight is 883 g/mol. The van der Waals surface area contributed by atoms with Crippen molar-refractivity contribution in [1.82, 2.24) is 0 Å². The van der Waals surface area contributed by atoms with Crippen LogP contribution >= 0.6 is 0 Å². The zero-order valence-electron chi connectivity index (χ0n) is 41.8. The lowest BCUT2D eigenvalue weighted by Crippen LogP contribution is -2.30. The second kappa shape index (κ2) is 52.0. The predicted molar refractivity (Wildman–Crippen MR) is 270 cm³/mol. The van der Waals surface area contributed by atoms with E-state index in [1.54, 1.807) is 0 Å². The SMILES string of the molecule is CC/C=C\C/C=C\C/C=C\C/C=C\CCCCCCCCCCCCCCCCCCCCCCC(=O)OCC(COC(=O)CCCCCCC)OC(=O)CCCCCCCCC. The quantitative estimate of drug-likeness (QED) is 0.0262. The number of unbranched alkanes of at least 4 members (excludes halogenated alkanes) is 30. The molecule has 0 amide bonds. The minimum atomic E-state index is -0.760. The van der Waals surface area contributed by atoms with Crippen LogP contribution in [-0.2, 0) is 28.6 Å². The Hall–Kier alpha value is -2.63. The van der Waals surface area contributed by atoms with E-state index in [4.69, 9.17) is 14.2 Å². The van der Waals surface area contributed by atoms with Crippen LogP contribution in [0.2, 0.25) is 0 Å². The van der Waals surface area contributed by atoms with Gasteiger partial charge in [-0.3, -0.25) is 14.4 Å². The van der Waals surface area contributed by atoms with Crippen molar-refractivity contribution in [3.8, 4) is 0 Å². The summed E-state index contributed by atoms with van der Waals surface area (Å²) in [6.07, 6.45) is 63.3. The van der Waals surface area contributed by atoms with Gasteiger partial charge in [0.15, 0.2) is 6.10 Å². The first-order chi connectivity index (χ1) is 31.0. The Morgan fingerprint density at radius 2 is 0.619 bits per heavy atom. The van der Waals surface area contributed by atoms with E-state index in [0.29, 0.717) is 19.3 Å². The van der Waals surface area contributed by atoms with Gasteiger partial charge in [0.1, 0.15) is 13.2 Å². The molecule has 0 aromatic carbocycles. The highest BCUT2D eigenvalue weighted by molar-refractivity contribution is 5.71. The van der Waals surface area contributed by atoms with E-state index in [0.717, 1.165) is 89.9 Å². The zero-order valence-corrected chi connectivity index (χ0v) is 41.8. The van der Waals surface area contributed by atoms with Crippen LogP contribution in [-0.4, -0.2) is 37.2 Å². The Bertz CT molecular complexity index is 1110. The number of hydrogen-bond donors (Lipinski definition) is 0. The molecule has 0 fully saturated rings. The van der Waals surface area contributed by atoms with Gasteiger partial charge in [-0.25, -0.2) is 0 Å². The van der Waals surface area contributed by atoms with Crippen molar-refractivity contribution in [3.63, 3.8) is 0 Å². The minimum Gasteiger partial charge on any atom is -0.462 e. The summed E-state index contributed by atoms with van der Waals surface area (Å²) in [5.74, 6) is -0.882. The third-order valence-corrected chi connectivity index (χ3v) is 11.8. The van der Waals surface area contributed by atoms with Crippen LogP contribution in [0.5, 0.6) is 0 Å². The summed E-state index contributed by atoms with van der Waals surface area (Å²) in [4.78, 5) is 37.4. The molecule has 366 valence electrons. The van der Waals surface area contributed by atoms with Crippen molar-refractivity contribution in [2.24, 2.45) is 0 Å². The van der Waals surface area contributed by atoms with Crippen molar-refractivity contribution in [1.29, 1.82) is 0 Å². The maximum Gasteiger partial charge on any atom is 0.306 e. The summed E-state index contributed by atoms with van der Waals surface area (Å²) in [7, 11) is 0. The second-order valence-electron chi connectivity index (χ2n) is 18.1. The van der Waals surface area contributed by atoms with E-state index < -0.39 is 6.10 Å². The normalized spacial score (nSPS) is 12.4. The highest BCUT2D eigenvalue weighted by atomic mass is 16.6. The molecule has 0 aliphatic rings. The third kappa shape index (κ3) is 50.2. The van der Waals surface area contributed by atoms with Crippen LogP contribution in [0.1, 0.15) is 278 Å². The van der Waals surface area contributed by atoms with E-state index in [2.05, 4.69) is 69.4 Å².